The van der Waals surface area contributed by atoms with Crippen LogP contribution in [0.1, 0.15) is 40.0 Å². The number of aliphatic carboxylic acids is 1. The van der Waals surface area contributed by atoms with Crippen LogP contribution in [0.4, 0.5) is 0 Å². The van der Waals surface area contributed by atoms with Crippen LogP contribution in [0.3, 0.4) is 0 Å². The van der Waals surface area contributed by atoms with Gasteiger partial charge < -0.3 is 14.7 Å². The maximum Gasteiger partial charge on any atom is 0.359 e. The Hall–Kier alpha value is -0.870. The molecule has 106 valence electrons. The van der Waals surface area contributed by atoms with Crippen molar-refractivity contribution < 1.29 is 19.5 Å². The molecule has 0 saturated carbocycles. The summed E-state index contributed by atoms with van der Waals surface area (Å²) in [4.78, 5) is 10.9. The van der Waals surface area contributed by atoms with Crippen LogP contribution in [0.25, 0.3) is 0 Å². The molecule has 0 fully saturated rings. The Labute approximate surface area is 111 Å². The minimum atomic E-state index is -0.799. The zero-order valence-electron chi connectivity index (χ0n) is 11.9. The van der Waals surface area contributed by atoms with E-state index in [0.29, 0.717) is 17.4 Å². The minimum absolute atomic E-state index is 0.0860. The molecule has 4 heteroatoms. The molecule has 2 N–H and O–H groups in total. The molecule has 0 aromatic carbocycles. The Morgan fingerprint density at radius 2 is 1.83 bits per heavy atom. The maximum absolute atomic E-state index is 10.9. The normalized spacial score (nSPS) is 14.0. The molecule has 0 aromatic rings. The van der Waals surface area contributed by atoms with Gasteiger partial charge in [-0.05, 0) is 26.7 Å². The lowest BCUT2D eigenvalue weighted by atomic mass is 10.1. The number of allylic oxidation sites excluding steroid dienone is 1. The fourth-order valence-corrected chi connectivity index (χ4v) is 2.12. The van der Waals surface area contributed by atoms with Gasteiger partial charge in [0.2, 0.25) is 0 Å². The Morgan fingerprint density at radius 1 is 1.22 bits per heavy atom. The van der Waals surface area contributed by atoms with E-state index < -0.39 is 12.1 Å². The molecule has 0 radical (unpaired) electrons. The van der Waals surface area contributed by atoms with Crippen molar-refractivity contribution in [1.82, 2.24) is 0 Å². The first-order valence-corrected chi connectivity index (χ1v) is 6.89. The quantitative estimate of drug-likeness (QED) is 0.466. The van der Waals surface area contributed by atoms with Crippen molar-refractivity contribution in [3.63, 3.8) is 0 Å². The van der Waals surface area contributed by atoms with Gasteiger partial charge in [-0.2, -0.15) is 0 Å². The monoisotopic (exact) mass is 258 g/mol. The summed E-state index contributed by atoms with van der Waals surface area (Å²) in [5, 5.41) is 19.0. The number of unbranched alkanes of at least 4 members (excludes halogenated alkanes) is 1. The highest BCUT2D eigenvalue weighted by Crippen LogP contribution is 2.10. The van der Waals surface area contributed by atoms with Crippen LogP contribution in [-0.4, -0.2) is 52.9 Å². The third-order valence-electron chi connectivity index (χ3n) is 3.44. The molecule has 18 heavy (non-hydrogen) atoms. The smallest absolute Gasteiger partial charge is 0.359 e. The molecule has 0 saturated heterocycles. The fraction of sp³-hybridized carbons (Fsp3) is 0.786. The molecule has 0 heterocycles. The van der Waals surface area contributed by atoms with Gasteiger partial charge in [0.25, 0.3) is 0 Å². The van der Waals surface area contributed by atoms with Crippen molar-refractivity contribution in [2.24, 2.45) is 0 Å². The summed E-state index contributed by atoms with van der Waals surface area (Å²) in [6.45, 7) is 8.14. The molecule has 0 rings (SSSR count). The van der Waals surface area contributed by atoms with Crippen LogP contribution in [0.15, 0.2) is 12.2 Å². The van der Waals surface area contributed by atoms with Gasteiger partial charge in [-0.1, -0.05) is 25.5 Å². The summed E-state index contributed by atoms with van der Waals surface area (Å²) in [5.41, 5.74) is 0. The Kier molecular flexibility index (Phi) is 8.67. The van der Waals surface area contributed by atoms with Gasteiger partial charge in [0.15, 0.2) is 6.54 Å². The van der Waals surface area contributed by atoms with Gasteiger partial charge in [-0.25, -0.2) is 4.79 Å². The van der Waals surface area contributed by atoms with Gasteiger partial charge >= 0.3 is 5.97 Å². The predicted molar refractivity (Wildman–Crippen MR) is 73.4 cm³/mol. The first-order valence-electron chi connectivity index (χ1n) is 6.89. The lowest BCUT2D eigenvalue weighted by Crippen LogP contribution is -2.54. The van der Waals surface area contributed by atoms with Gasteiger partial charge in [0, 0.05) is 0 Å². The van der Waals surface area contributed by atoms with E-state index in [9.17, 15) is 9.90 Å². The molecule has 0 aliphatic rings. The molecule has 0 aromatic heterocycles. The van der Waals surface area contributed by atoms with Crippen LogP contribution in [-0.2, 0) is 4.79 Å². The second-order valence-electron chi connectivity index (χ2n) is 4.86. The number of hydrogen-bond acceptors (Lipinski definition) is 2. The molecule has 0 aliphatic carbocycles. The average Bonchev–Trinajstić information content (AvgIpc) is 2.33. The van der Waals surface area contributed by atoms with Crippen LogP contribution < -0.4 is 0 Å². The topological polar surface area (TPSA) is 57.5 Å². The van der Waals surface area contributed by atoms with E-state index >= 15 is 0 Å². The van der Waals surface area contributed by atoms with Crippen molar-refractivity contribution in [1.29, 1.82) is 0 Å². The summed E-state index contributed by atoms with van der Waals surface area (Å²) < 4.78 is 0.443. The number of carbonyl (C=O) groups is 1. The number of rotatable bonds is 10. The average molecular weight is 258 g/mol. The number of aliphatic hydroxyl groups excluding tert-OH is 1. The SMILES string of the molecule is CCC/C=C/CC(O)C[N+](CC)(CC)CC(=O)O. The molecule has 1 unspecified atom stereocenters. The summed E-state index contributed by atoms with van der Waals surface area (Å²) in [6, 6.07) is 0. The molecule has 0 amide bonds. The van der Waals surface area contributed by atoms with E-state index in [1.165, 1.54) is 0 Å². The largest absolute Gasteiger partial charge is 0.477 e. The highest BCUT2D eigenvalue weighted by atomic mass is 16.4. The summed E-state index contributed by atoms with van der Waals surface area (Å²) in [7, 11) is 0. The van der Waals surface area contributed by atoms with E-state index in [2.05, 4.69) is 13.0 Å². The second kappa shape index (κ2) is 9.11. The molecule has 0 aliphatic heterocycles. The highest BCUT2D eigenvalue weighted by Gasteiger charge is 2.29. The van der Waals surface area contributed by atoms with Gasteiger partial charge in [-0.3, -0.25) is 0 Å². The van der Waals surface area contributed by atoms with Crippen molar-refractivity contribution in [2.75, 3.05) is 26.2 Å². The molecule has 1 atom stereocenters. The molecular weight excluding hydrogens is 230 g/mol. The predicted octanol–water partition coefficient (Wildman–Crippen LogP) is 2.03. The standard InChI is InChI=1S/C14H27NO3/c1-4-7-8-9-10-13(16)11-15(5-2,6-3)12-14(17)18/h8-9,13,16H,4-7,10-12H2,1-3H3/p+1/b9-8+. The maximum atomic E-state index is 10.9. The summed E-state index contributed by atoms with van der Waals surface area (Å²) in [6.07, 6.45) is 6.36. The van der Waals surface area contributed by atoms with Crippen molar-refractivity contribution in [2.45, 2.75) is 46.1 Å². The second-order valence-corrected chi connectivity index (χ2v) is 4.86. The van der Waals surface area contributed by atoms with Gasteiger partial charge in [-0.15, -0.1) is 0 Å². The minimum Gasteiger partial charge on any atom is -0.477 e. The van der Waals surface area contributed by atoms with Crippen molar-refractivity contribution in [3.05, 3.63) is 12.2 Å². The van der Waals surface area contributed by atoms with Crippen LogP contribution in [0.2, 0.25) is 0 Å². The number of aliphatic hydroxyl groups is 1. The molecule has 0 spiro atoms. The van der Waals surface area contributed by atoms with Gasteiger partial charge in [0.1, 0.15) is 12.6 Å². The van der Waals surface area contributed by atoms with Gasteiger partial charge in [0.05, 0.1) is 13.1 Å². The number of quaternary nitrogens is 1. The van der Waals surface area contributed by atoms with E-state index in [1.54, 1.807) is 0 Å². The molecular formula is C14H28NO3+. The molecule has 4 nitrogen and oxygen atoms in total. The lowest BCUT2D eigenvalue weighted by molar-refractivity contribution is -0.920. The zero-order chi connectivity index (χ0) is 14.0. The Bertz CT molecular complexity index is 260. The van der Waals surface area contributed by atoms with Crippen LogP contribution in [0.5, 0.6) is 0 Å². The highest BCUT2D eigenvalue weighted by molar-refractivity contribution is 5.67. The van der Waals surface area contributed by atoms with E-state index in [0.717, 1.165) is 25.9 Å². The van der Waals surface area contributed by atoms with Crippen LogP contribution >= 0.6 is 0 Å². The number of carboxylic acids is 1. The number of likely N-dealkylation sites (N-methyl/N-ethyl adjacent to an activating group) is 1. The van der Waals surface area contributed by atoms with E-state index in [-0.39, 0.29) is 6.54 Å². The first kappa shape index (κ1) is 17.1. The van der Waals surface area contributed by atoms with Crippen LogP contribution in [0, 0.1) is 0 Å². The third kappa shape index (κ3) is 6.77. The zero-order valence-corrected chi connectivity index (χ0v) is 11.9. The van der Waals surface area contributed by atoms with Crippen molar-refractivity contribution in [3.8, 4) is 0 Å². The summed E-state index contributed by atoms with van der Waals surface area (Å²) in [5.74, 6) is -0.799. The number of hydrogen-bond donors (Lipinski definition) is 2. The third-order valence-corrected chi connectivity index (χ3v) is 3.44. The lowest BCUT2D eigenvalue weighted by Gasteiger charge is -2.36. The first-order chi connectivity index (χ1) is 8.49. The van der Waals surface area contributed by atoms with E-state index in [1.807, 2.05) is 19.9 Å². The molecule has 0 bridgehead atoms. The number of carboxylic acid groups (broad SMARTS) is 1. The fourth-order valence-electron chi connectivity index (χ4n) is 2.12. The van der Waals surface area contributed by atoms with E-state index in [4.69, 9.17) is 5.11 Å². The summed E-state index contributed by atoms with van der Waals surface area (Å²) >= 11 is 0. The Morgan fingerprint density at radius 3 is 2.28 bits per heavy atom. The Balaban J connectivity index is 4.34. The number of nitrogens with zero attached hydrogens (tertiary/aromatic N) is 1. The van der Waals surface area contributed by atoms with Crippen molar-refractivity contribution >= 4 is 5.97 Å².